The van der Waals surface area contributed by atoms with Crippen LogP contribution < -0.4 is 15.5 Å². The van der Waals surface area contributed by atoms with Gasteiger partial charge in [0.2, 0.25) is 0 Å². The summed E-state index contributed by atoms with van der Waals surface area (Å²) in [6.45, 7) is 9.06. The highest BCUT2D eigenvalue weighted by Gasteiger charge is 2.26. The van der Waals surface area contributed by atoms with Crippen molar-refractivity contribution in [3.63, 3.8) is 0 Å². The van der Waals surface area contributed by atoms with E-state index in [0.717, 1.165) is 44.8 Å². The van der Waals surface area contributed by atoms with E-state index in [1.54, 1.807) is 0 Å². The Hall–Kier alpha value is -1.79. The van der Waals surface area contributed by atoms with E-state index in [-0.39, 0.29) is 24.2 Å². The molecule has 0 aromatic heterocycles. The molecule has 6 nitrogen and oxygen atoms in total. The topological polar surface area (TPSA) is 56.8 Å². The number of hydrogen-bond donors (Lipinski definition) is 2. The molecule has 2 N–H and O–H groups in total. The molecule has 3 atom stereocenters. The van der Waals surface area contributed by atoms with Crippen LogP contribution in [0.4, 0.5) is 10.5 Å². The van der Waals surface area contributed by atoms with Crippen LogP contribution in [0.15, 0.2) is 24.3 Å². The minimum absolute atomic E-state index is 0.0285. The van der Waals surface area contributed by atoms with Crippen LogP contribution in [0.25, 0.3) is 0 Å². The summed E-state index contributed by atoms with van der Waals surface area (Å²) < 4.78 is 5.48. The van der Waals surface area contributed by atoms with Crippen molar-refractivity contribution in [1.82, 2.24) is 15.5 Å². The molecule has 2 aliphatic heterocycles. The quantitative estimate of drug-likeness (QED) is 0.875. The Kier molecular flexibility index (Phi) is 5.81. The molecule has 0 unspecified atom stereocenters. The number of piperazine rings is 1. The standard InChI is InChI=1S/C19H30N4O2/c1-14(20-19(24)21-18-8-13-25-15(18)2)16-4-6-17(7-5-16)23-11-9-22(3)10-12-23/h4-7,14-15,18H,8-13H2,1-3H3,(H2,20,21,24)/t14-,15-,18-/m0/s1. The summed E-state index contributed by atoms with van der Waals surface area (Å²) in [6, 6.07) is 8.48. The van der Waals surface area contributed by atoms with Gasteiger partial charge in [0.25, 0.3) is 0 Å². The van der Waals surface area contributed by atoms with Gasteiger partial charge >= 0.3 is 6.03 Å². The van der Waals surface area contributed by atoms with Crippen LogP contribution in [-0.2, 0) is 4.74 Å². The largest absolute Gasteiger partial charge is 0.376 e. The molecular weight excluding hydrogens is 316 g/mol. The maximum Gasteiger partial charge on any atom is 0.315 e. The molecule has 2 saturated heterocycles. The van der Waals surface area contributed by atoms with Crippen molar-refractivity contribution in [3.8, 4) is 0 Å². The number of carbonyl (C=O) groups is 1. The molecule has 0 saturated carbocycles. The van der Waals surface area contributed by atoms with Gasteiger partial charge in [-0.25, -0.2) is 4.79 Å². The van der Waals surface area contributed by atoms with Crippen molar-refractivity contribution in [2.24, 2.45) is 0 Å². The molecule has 138 valence electrons. The fourth-order valence-corrected chi connectivity index (χ4v) is 3.45. The first-order valence-corrected chi connectivity index (χ1v) is 9.25. The van der Waals surface area contributed by atoms with E-state index in [2.05, 4.69) is 51.7 Å². The number of ether oxygens (including phenoxy) is 1. The number of rotatable bonds is 4. The van der Waals surface area contributed by atoms with Gasteiger partial charge in [0.1, 0.15) is 0 Å². The van der Waals surface area contributed by atoms with Gasteiger partial charge in [-0.05, 0) is 45.0 Å². The molecule has 1 aromatic rings. The number of urea groups is 1. The summed E-state index contributed by atoms with van der Waals surface area (Å²) in [6.07, 6.45) is 0.965. The van der Waals surface area contributed by atoms with Crippen LogP contribution in [0.1, 0.15) is 31.9 Å². The highest BCUT2D eigenvalue weighted by Crippen LogP contribution is 2.20. The molecule has 6 heteroatoms. The molecule has 25 heavy (non-hydrogen) atoms. The molecule has 0 aliphatic carbocycles. The molecule has 0 spiro atoms. The fraction of sp³-hybridized carbons (Fsp3) is 0.632. The Balaban J connectivity index is 1.51. The molecule has 2 amide bonds. The van der Waals surface area contributed by atoms with Crippen LogP contribution in [0.3, 0.4) is 0 Å². The van der Waals surface area contributed by atoms with Gasteiger partial charge < -0.3 is 25.2 Å². The normalized spacial score (nSPS) is 25.6. The van der Waals surface area contributed by atoms with E-state index in [9.17, 15) is 4.79 Å². The average Bonchev–Trinajstić information content (AvgIpc) is 3.00. The number of likely N-dealkylation sites (N-methyl/N-ethyl adjacent to an activating group) is 1. The predicted octanol–water partition coefficient (Wildman–Crippen LogP) is 1.98. The van der Waals surface area contributed by atoms with Gasteiger partial charge in [0.05, 0.1) is 18.2 Å². The van der Waals surface area contributed by atoms with Crippen molar-refractivity contribution in [1.29, 1.82) is 0 Å². The summed E-state index contributed by atoms with van der Waals surface area (Å²) in [5, 5.41) is 6.03. The first-order chi connectivity index (χ1) is 12.0. The lowest BCUT2D eigenvalue weighted by atomic mass is 10.1. The third-order valence-electron chi connectivity index (χ3n) is 5.30. The summed E-state index contributed by atoms with van der Waals surface area (Å²) in [7, 11) is 2.16. The highest BCUT2D eigenvalue weighted by atomic mass is 16.5. The third kappa shape index (κ3) is 4.64. The summed E-state index contributed by atoms with van der Waals surface area (Å²) >= 11 is 0. The Morgan fingerprint density at radius 3 is 2.48 bits per heavy atom. The van der Waals surface area contributed by atoms with Gasteiger partial charge in [-0.2, -0.15) is 0 Å². The van der Waals surface area contributed by atoms with E-state index in [1.807, 2.05) is 13.8 Å². The Morgan fingerprint density at radius 1 is 1.20 bits per heavy atom. The van der Waals surface area contributed by atoms with E-state index in [1.165, 1.54) is 5.69 Å². The number of carbonyl (C=O) groups excluding carboxylic acids is 1. The molecule has 0 bridgehead atoms. The van der Waals surface area contributed by atoms with Gasteiger partial charge in [-0.15, -0.1) is 0 Å². The van der Waals surface area contributed by atoms with Crippen LogP contribution in [0, 0.1) is 0 Å². The Morgan fingerprint density at radius 2 is 1.88 bits per heavy atom. The Bertz CT molecular complexity index is 569. The molecule has 2 heterocycles. The first kappa shape index (κ1) is 18.0. The fourth-order valence-electron chi connectivity index (χ4n) is 3.45. The second-order valence-electron chi connectivity index (χ2n) is 7.19. The monoisotopic (exact) mass is 346 g/mol. The van der Waals surface area contributed by atoms with Gasteiger partial charge in [0, 0.05) is 38.5 Å². The second kappa shape index (κ2) is 8.06. The third-order valence-corrected chi connectivity index (χ3v) is 5.30. The van der Waals surface area contributed by atoms with Crippen molar-refractivity contribution in [3.05, 3.63) is 29.8 Å². The zero-order valence-electron chi connectivity index (χ0n) is 15.5. The molecule has 2 aliphatic rings. The van der Waals surface area contributed by atoms with Gasteiger partial charge in [0.15, 0.2) is 0 Å². The number of amides is 2. The van der Waals surface area contributed by atoms with Crippen LogP contribution in [-0.4, -0.2) is 62.9 Å². The maximum atomic E-state index is 12.2. The van der Waals surface area contributed by atoms with E-state index >= 15 is 0 Å². The summed E-state index contributed by atoms with van der Waals surface area (Å²) in [5.41, 5.74) is 2.37. The number of benzene rings is 1. The second-order valence-corrected chi connectivity index (χ2v) is 7.19. The zero-order chi connectivity index (χ0) is 17.8. The predicted molar refractivity (Wildman–Crippen MR) is 100 cm³/mol. The van der Waals surface area contributed by atoms with E-state index < -0.39 is 0 Å². The minimum atomic E-state index is -0.127. The van der Waals surface area contributed by atoms with Crippen molar-refractivity contribution >= 4 is 11.7 Å². The van der Waals surface area contributed by atoms with Gasteiger partial charge in [-0.1, -0.05) is 12.1 Å². The summed E-state index contributed by atoms with van der Waals surface area (Å²) in [5.74, 6) is 0. The lowest BCUT2D eigenvalue weighted by Gasteiger charge is -2.34. The molecule has 0 radical (unpaired) electrons. The lowest BCUT2D eigenvalue weighted by Crippen LogP contribution is -2.45. The van der Waals surface area contributed by atoms with Crippen molar-refractivity contribution in [2.75, 3.05) is 44.7 Å². The SMILES string of the molecule is C[C@H](NC(=O)N[C@H]1CCO[C@H]1C)c1ccc(N2CCN(C)CC2)cc1. The van der Waals surface area contributed by atoms with Crippen molar-refractivity contribution < 1.29 is 9.53 Å². The number of nitrogens with zero attached hydrogens (tertiary/aromatic N) is 2. The lowest BCUT2D eigenvalue weighted by molar-refractivity contribution is 0.114. The average molecular weight is 346 g/mol. The first-order valence-electron chi connectivity index (χ1n) is 9.25. The van der Waals surface area contributed by atoms with Gasteiger partial charge in [-0.3, -0.25) is 0 Å². The Labute approximate surface area is 150 Å². The highest BCUT2D eigenvalue weighted by molar-refractivity contribution is 5.74. The molecule has 3 rings (SSSR count). The van der Waals surface area contributed by atoms with Crippen LogP contribution in [0.5, 0.6) is 0 Å². The zero-order valence-corrected chi connectivity index (χ0v) is 15.5. The number of hydrogen-bond acceptors (Lipinski definition) is 4. The van der Waals surface area contributed by atoms with E-state index in [0.29, 0.717) is 0 Å². The minimum Gasteiger partial charge on any atom is -0.376 e. The number of nitrogens with one attached hydrogen (secondary N) is 2. The van der Waals surface area contributed by atoms with Crippen molar-refractivity contribution in [2.45, 2.75) is 38.5 Å². The summed E-state index contributed by atoms with van der Waals surface area (Å²) in [4.78, 5) is 16.9. The van der Waals surface area contributed by atoms with E-state index in [4.69, 9.17) is 4.74 Å². The van der Waals surface area contributed by atoms with Crippen LogP contribution in [0.2, 0.25) is 0 Å². The molecular formula is C19H30N4O2. The van der Waals surface area contributed by atoms with Crippen LogP contribution >= 0.6 is 0 Å². The molecule has 2 fully saturated rings. The maximum absolute atomic E-state index is 12.2. The smallest absolute Gasteiger partial charge is 0.315 e. The number of anilines is 1. The molecule has 1 aromatic carbocycles.